The molecule has 0 spiro atoms. The molecule has 8 nitrogen and oxygen atoms in total. The van der Waals surface area contributed by atoms with Crippen LogP contribution in [0.4, 0.5) is 5.69 Å². The Bertz CT molecular complexity index is 1090. The van der Waals surface area contributed by atoms with Crippen molar-refractivity contribution in [2.24, 2.45) is 12.1 Å². The van der Waals surface area contributed by atoms with Gasteiger partial charge in [-0.1, -0.05) is 18.2 Å². The lowest BCUT2D eigenvalue weighted by atomic mass is 10.1. The fourth-order valence-electron chi connectivity index (χ4n) is 2.78. The summed E-state index contributed by atoms with van der Waals surface area (Å²) in [7, 11) is 1.98. The number of amides is 1. The van der Waals surface area contributed by atoms with E-state index in [0.29, 0.717) is 10.2 Å². The third-order valence-corrected chi connectivity index (χ3v) is 4.94. The Balaban J connectivity index is 1.62. The maximum Gasteiger partial charge on any atom is 0.277 e. The Morgan fingerprint density at radius 2 is 2.11 bits per heavy atom. The highest BCUT2D eigenvalue weighted by molar-refractivity contribution is 9.10. The summed E-state index contributed by atoms with van der Waals surface area (Å²) < 4.78 is 7.83. The number of hydrogen-bond acceptors (Lipinski definition) is 5. The van der Waals surface area contributed by atoms with E-state index in [1.165, 1.54) is 18.2 Å². The van der Waals surface area contributed by atoms with Crippen LogP contribution in [-0.2, 0) is 11.8 Å². The first-order chi connectivity index (χ1) is 13.4. The number of fused-ring (bicyclic) bond motifs is 1. The molecule has 3 aromatic rings. The van der Waals surface area contributed by atoms with Gasteiger partial charge in [-0.25, -0.2) is 5.43 Å². The van der Waals surface area contributed by atoms with E-state index in [2.05, 4.69) is 31.0 Å². The number of hydrogen-bond donors (Lipinski definition) is 1. The van der Waals surface area contributed by atoms with E-state index in [4.69, 9.17) is 4.74 Å². The number of nitro benzene ring substituents is 1. The molecule has 0 unspecified atom stereocenters. The zero-order chi connectivity index (χ0) is 20.3. The van der Waals surface area contributed by atoms with Crippen LogP contribution in [0.1, 0.15) is 11.3 Å². The van der Waals surface area contributed by atoms with Gasteiger partial charge in [-0.3, -0.25) is 14.9 Å². The molecule has 0 fully saturated rings. The first kappa shape index (κ1) is 19.6. The Morgan fingerprint density at radius 3 is 2.82 bits per heavy atom. The number of nitrogens with zero attached hydrogens (tertiary/aromatic N) is 3. The number of non-ortho nitro benzene ring substituents is 1. The second-order valence-corrected chi connectivity index (χ2v) is 6.88. The number of rotatable bonds is 6. The number of carbonyl (C=O) groups is 1. The number of halogens is 1. The number of nitrogens with one attached hydrogen (secondary N) is 1. The molecule has 0 aliphatic heterocycles. The molecule has 1 N–H and O–H groups in total. The minimum atomic E-state index is -0.509. The maximum atomic E-state index is 12.0. The van der Waals surface area contributed by atoms with Crippen molar-refractivity contribution in [2.45, 2.75) is 6.92 Å². The fraction of sp³-hybridized carbons (Fsp3) is 0.158. The number of para-hydroxylation sites is 1. The molecule has 0 radical (unpaired) electrons. The molecule has 0 aliphatic carbocycles. The Hall–Kier alpha value is -3.20. The molecule has 1 aromatic heterocycles. The normalized spacial score (nSPS) is 11.1. The Labute approximate surface area is 169 Å². The van der Waals surface area contributed by atoms with E-state index >= 15 is 0 Å². The van der Waals surface area contributed by atoms with Crippen LogP contribution >= 0.6 is 15.9 Å². The van der Waals surface area contributed by atoms with Gasteiger partial charge >= 0.3 is 0 Å². The first-order valence-corrected chi connectivity index (χ1v) is 9.10. The smallest absolute Gasteiger partial charge is 0.277 e. The predicted octanol–water partition coefficient (Wildman–Crippen LogP) is 3.69. The van der Waals surface area contributed by atoms with Crippen molar-refractivity contribution in [3.8, 4) is 5.75 Å². The second kappa shape index (κ2) is 8.22. The van der Waals surface area contributed by atoms with E-state index in [1.807, 2.05) is 38.2 Å². The van der Waals surface area contributed by atoms with Crippen LogP contribution in [0.15, 0.2) is 52.0 Å². The van der Waals surface area contributed by atoms with Crippen molar-refractivity contribution in [1.82, 2.24) is 9.99 Å². The molecule has 2 aromatic carbocycles. The molecule has 144 valence electrons. The van der Waals surface area contributed by atoms with Crippen molar-refractivity contribution < 1.29 is 14.5 Å². The van der Waals surface area contributed by atoms with Crippen LogP contribution in [-0.4, -0.2) is 28.2 Å². The van der Waals surface area contributed by atoms with Gasteiger partial charge in [0.15, 0.2) is 6.61 Å². The van der Waals surface area contributed by atoms with E-state index in [1.54, 1.807) is 6.21 Å². The highest BCUT2D eigenvalue weighted by atomic mass is 79.9. The molecule has 0 saturated heterocycles. The fourth-order valence-corrected chi connectivity index (χ4v) is 3.26. The summed E-state index contributed by atoms with van der Waals surface area (Å²) in [5.74, 6) is -0.117. The summed E-state index contributed by atoms with van der Waals surface area (Å²) in [6.45, 7) is 1.71. The number of nitro groups is 1. The van der Waals surface area contributed by atoms with E-state index in [9.17, 15) is 14.9 Å². The molecule has 9 heteroatoms. The van der Waals surface area contributed by atoms with Crippen LogP contribution in [0.25, 0.3) is 10.9 Å². The van der Waals surface area contributed by atoms with Crippen LogP contribution in [0, 0.1) is 17.0 Å². The third kappa shape index (κ3) is 4.04. The van der Waals surface area contributed by atoms with Gasteiger partial charge in [0.1, 0.15) is 5.75 Å². The Morgan fingerprint density at radius 1 is 1.36 bits per heavy atom. The number of benzene rings is 2. The highest BCUT2D eigenvalue weighted by Gasteiger charge is 2.12. The topological polar surface area (TPSA) is 98.8 Å². The molecule has 0 saturated carbocycles. The summed E-state index contributed by atoms with van der Waals surface area (Å²) in [6.07, 6.45) is 1.61. The third-order valence-electron chi connectivity index (χ3n) is 4.32. The van der Waals surface area contributed by atoms with Crippen molar-refractivity contribution >= 4 is 44.6 Å². The summed E-state index contributed by atoms with van der Waals surface area (Å²) in [5, 5.41) is 15.8. The zero-order valence-corrected chi connectivity index (χ0v) is 16.8. The van der Waals surface area contributed by atoms with E-state index < -0.39 is 10.8 Å². The van der Waals surface area contributed by atoms with Crippen molar-refractivity contribution in [2.75, 3.05) is 6.61 Å². The quantitative estimate of drug-likeness (QED) is 0.356. The van der Waals surface area contributed by atoms with Crippen molar-refractivity contribution in [3.63, 3.8) is 0 Å². The molecule has 1 amide bonds. The summed E-state index contributed by atoms with van der Waals surface area (Å²) in [5.41, 5.74) is 5.40. The maximum absolute atomic E-state index is 12.0. The van der Waals surface area contributed by atoms with Crippen molar-refractivity contribution in [3.05, 3.63) is 68.3 Å². The lowest BCUT2D eigenvalue weighted by Gasteiger charge is -2.06. The van der Waals surface area contributed by atoms with Gasteiger partial charge in [-0.15, -0.1) is 0 Å². The molecule has 0 bridgehead atoms. The number of aromatic nitrogens is 1. The number of ether oxygens (including phenoxy) is 1. The number of aryl methyl sites for hydroxylation is 1. The van der Waals surface area contributed by atoms with Crippen LogP contribution in [0.3, 0.4) is 0 Å². The van der Waals surface area contributed by atoms with Crippen LogP contribution in [0.5, 0.6) is 5.75 Å². The Kier molecular flexibility index (Phi) is 5.74. The number of hydrazone groups is 1. The predicted molar refractivity (Wildman–Crippen MR) is 110 cm³/mol. The summed E-state index contributed by atoms with van der Waals surface area (Å²) in [6, 6.07) is 12.0. The molecular formula is C19H17BrN4O4. The second-order valence-electron chi connectivity index (χ2n) is 6.03. The summed E-state index contributed by atoms with van der Waals surface area (Å²) >= 11 is 3.19. The first-order valence-electron chi connectivity index (χ1n) is 8.31. The lowest BCUT2D eigenvalue weighted by Crippen LogP contribution is -2.24. The van der Waals surface area contributed by atoms with Crippen LogP contribution < -0.4 is 10.2 Å². The average Bonchev–Trinajstić information content (AvgIpc) is 2.92. The van der Waals surface area contributed by atoms with Crippen LogP contribution in [0.2, 0.25) is 0 Å². The highest BCUT2D eigenvalue weighted by Crippen LogP contribution is 2.29. The van der Waals surface area contributed by atoms with Gasteiger partial charge in [0.2, 0.25) is 0 Å². The molecule has 0 aliphatic rings. The minimum Gasteiger partial charge on any atom is -0.483 e. The zero-order valence-electron chi connectivity index (χ0n) is 15.2. The van der Waals surface area contributed by atoms with Gasteiger partial charge in [0.25, 0.3) is 11.6 Å². The lowest BCUT2D eigenvalue weighted by molar-refractivity contribution is -0.384. The van der Waals surface area contributed by atoms with E-state index in [-0.39, 0.29) is 12.3 Å². The average molecular weight is 445 g/mol. The van der Waals surface area contributed by atoms with Gasteiger partial charge < -0.3 is 9.30 Å². The molecular weight excluding hydrogens is 428 g/mol. The monoisotopic (exact) mass is 444 g/mol. The number of carbonyl (C=O) groups excluding carboxylic acids is 1. The molecule has 28 heavy (non-hydrogen) atoms. The minimum absolute atomic E-state index is 0.0706. The van der Waals surface area contributed by atoms with E-state index in [0.717, 1.165) is 22.2 Å². The van der Waals surface area contributed by atoms with Gasteiger partial charge in [-0.2, -0.15) is 5.10 Å². The molecule has 3 rings (SSSR count). The standard InChI is InChI=1S/C19H17BrN4O4/c1-12-15(14-5-3-4-6-17(14)23(12)2)10-21-22-19(25)11-28-18-8-7-13(24(26)27)9-16(18)20/h3-10H,11H2,1-2H3,(H,22,25). The van der Waals surface area contributed by atoms with Gasteiger partial charge in [0, 0.05) is 41.3 Å². The van der Waals surface area contributed by atoms with Gasteiger partial charge in [-0.05, 0) is 35.0 Å². The SMILES string of the molecule is Cc1c(C=NNC(=O)COc2ccc([N+](=O)[O-])cc2Br)c2ccccc2n1C. The molecule has 1 heterocycles. The summed E-state index contributed by atoms with van der Waals surface area (Å²) in [4.78, 5) is 22.2. The molecule has 0 atom stereocenters. The van der Waals surface area contributed by atoms with Crippen molar-refractivity contribution in [1.29, 1.82) is 0 Å². The largest absolute Gasteiger partial charge is 0.483 e. The van der Waals surface area contributed by atoms with Gasteiger partial charge in [0.05, 0.1) is 15.6 Å².